The second-order valence-corrected chi connectivity index (χ2v) is 4.20. The molecule has 0 spiro atoms. The van der Waals surface area contributed by atoms with E-state index in [2.05, 4.69) is 10.5 Å². The van der Waals surface area contributed by atoms with Gasteiger partial charge in [0, 0.05) is 5.41 Å². The lowest BCUT2D eigenvalue weighted by Gasteiger charge is -2.25. The van der Waals surface area contributed by atoms with Gasteiger partial charge in [-0.25, -0.2) is 0 Å². The van der Waals surface area contributed by atoms with E-state index in [1.807, 2.05) is 27.7 Å². The van der Waals surface area contributed by atoms with Crippen LogP contribution in [0.4, 0.5) is 0 Å². The Hall–Kier alpha value is -1.26. The highest BCUT2D eigenvalue weighted by Gasteiger charge is 2.27. The van der Waals surface area contributed by atoms with Crippen molar-refractivity contribution >= 4 is 11.7 Å². The number of carbonyl (C=O) groups is 1. The van der Waals surface area contributed by atoms with Crippen LogP contribution in [0.15, 0.2) is 5.16 Å². The van der Waals surface area contributed by atoms with Gasteiger partial charge in [0.25, 0.3) is 0 Å². The van der Waals surface area contributed by atoms with Crippen molar-refractivity contribution in [3.05, 3.63) is 0 Å². The Morgan fingerprint density at radius 1 is 1.53 bits per heavy atom. The van der Waals surface area contributed by atoms with Crippen molar-refractivity contribution in [2.24, 2.45) is 16.3 Å². The number of amidine groups is 1. The van der Waals surface area contributed by atoms with Crippen LogP contribution in [-0.2, 0) is 4.79 Å². The molecule has 1 unspecified atom stereocenters. The summed E-state index contributed by atoms with van der Waals surface area (Å²) in [6.45, 7) is 7.54. The molecule has 1 atom stereocenters. The Bertz CT molecular complexity index is 249. The molecule has 0 bridgehead atoms. The summed E-state index contributed by atoms with van der Waals surface area (Å²) in [7, 11) is 0. The molecule has 0 saturated heterocycles. The Balaban J connectivity index is 4.51. The fraction of sp³-hybridized carbons (Fsp3) is 0.800. The van der Waals surface area contributed by atoms with Gasteiger partial charge in [-0.2, -0.15) is 0 Å². The Morgan fingerprint density at radius 2 is 2.07 bits per heavy atom. The van der Waals surface area contributed by atoms with Crippen LogP contribution in [-0.4, -0.2) is 23.0 Å². The van der Waals surface area contributed by atoms with Crippen molar-refractivity contribution in [1.82, 2.24) is 5.32 Å². The maximum absolute atomic E-state index is 11.8. The fourth-order valence-electron chi connectivity index (χ4n) is 0.969. The van der Waals surface area contributed by atoms with E-state index in [1.54, 1.807) is 0 Å². The largest absolute Gasteiger partial charge is 0.409 e. The maximum atomic E-state index is 11.8. The maximum Gasteiger partial charge on any atom is 0.226 e. The zero-order valence-electron chi connectivity index (χ0n) is 9.87. The molecule has 0 aromatic heterocycles. The zero-order valence-corrected chi connectivity index (χ0v) is 9.87. The Morgan fingerprint density at radius 3 is 2.40 bits per heavy atom. The summed E-state index contributed by atoms with van der Waals surface area (Å²) >= 11 is 0. The molecule has 0 aliphatic carbocycles. The van der Waals surface area contributed by atoms with Crippen LogP contribution in [0.3, 0.4) is 0 Å². The van der Waals surface area contributed by atoms with Crippen molar-refractivity contribution < 1.29 is 10.0 Å². The first kappa shape index (κ1) is 13.7. The molecular weight excluding hydrogens is 194 g/mol. The first-order valence-corrected chi connectivity index (χ1v) is 5.17. The molecule has 0 rings (SSSR count). The standard InChI is InChI=1S/C10H21N3O2/c1-5-7(8(11)13-15)12-9(14)10(3,4)6-2/h7,15H,5-6H2,1-4H3,(H2,11,13)(H,12,14). The highest BCUT2D eigenvalue weighted by molar-refractivity contribution is 5.91. The monoisotopic (exact) mass is 215 g/mol. The van der Waals surface area contributed by atoms with Gasteiger partial charge in [-0.05, 0) is 12.8 Å². The van der Waals surface area contributed by atoms with Crippen LogP contribution < -0.4 is 11.1 Å². The zero-order chi connectivity index (χ0) is 12.1. The van der Waals surface area contributed by atoms with Crippen molar-refractivity contribution in [3.8, 4) is 0 Å². The second kappa shape index (κ2) is 5.58. The molecule has 0 radical (unpaired) electrons. The quantitative estimate of drug-likeness (QED) is 0.277. The molecule has 0 saturated carbocycles. The molecule has 0 aromatic rings. The van der Waals surface area contributed by atoms with E-state index in [1.165, 1.54) is 0 Å². The normalized spacial score (nSPS) is 14.8. The van der Waals surface area contributed by atoms with Crippen LogP contribution in [0, 0.1) is 5.41 Å². The van der Waals surface area contributed by atoms with Gasteiger partial charge in [0.1, 0.15) is 0 Å². The minimum atomic E-state index is -0.427. The summed E-state index contributed by atoms with van der Waals surface area (Å²) < 4.78 is 0. The van der Waals surface area contributed by atoms with Crippen molar-refractivity contribution in [2.45, 2.75) is 46.6 Å². The van der Waals surface area contributed by atoms with Gasteiger partial charge in [0.2, 0.25) is 5.91 Å². The highest BCUT2D eigenvalue weighted by atomic mass is 16.4. The lowest BCUT2D eigenvalue weighted by molar-refractivity contribution is -0.129. The predicted molar refractivity (Wildman–Crippen MR) is 59.7 cm³/mol. The van der Waals surface area contributed by atoms with Gasteiger partial charge in [0.15, 0.2) is 5.84 Å². The molecular formula is C10H21N3O2. The van der Waals surface area contributed by atoms with Crippen LogP contribution in [0.25, 0.3) is 0 Å². The summed E-state index contributed by atoms with van der Waals surface area (Å²) in [6, 6.07) is -0.395. The molecule has 0 heterocycles. The lowest BCUT2D eigenvalue weighted by Crippen LogP contribution is -2.48. The predicted octanol–water partition coefficient (Wildman–Crippen LogP) is 1.06. The molecule has 0 aromatic carbocycles. The summed E-state index contributed by atoms with van der Waals surface area (Å²) in [6.07, 6.45) is 1.34. The van der Waals surface area contributed by atoms with Gasteiger partial charge >= 0.3 is 0 Å². The molecule has 4 N–H and O–H groups in total. The van der Waals surface area contributed by atoms with Gasteiger partial charge in [-0.15, -0.1) is 0 Å². The molecule has 88 valence electrons. The summed E-state index contributed by atoms with van der Waals surface area (Å²) in [5, 5.41) is 14.2. The number of nitrogens with zero attached hydrogens (tertiary/aromatic N) is 1. The average molecular weight is 215 g/mol. The number of nitrogens with two attached hydrogens (primary N) is 1. The van der Waals surface area contributed by atoms with Gasteiger partial charge in [-0.3, -0.25) is 4.79 Å². The van der Waals surface area contributed by atoms with E-state index in [0.29, 0.717) is 6.42 Å². The second-order valence-electron chi connectivity index (χ2n) is 4.20. The first-order valence-electron chi connectivity index (χ1n) is 5.17. The Labute approximate surface area is 90.7 Å². The molecule has 15 heavy (non-hydrogen) atoms. The number of hydrogen-bond donors (Lipinski definition) is 3. The number of oxime groups is 1. The van der Waals surface area contributed by atoms with E-state index in [4.69, 9.17) is 10.9 Å². The van der Waals surface area contributed by atoms with E-state index < -0.39 is 11.5 Å². The van der Waals surface area contributed by atoms with Crippen LogP contribution in [0.1, 0.15) is 40.5 Å². The smallest absolute Gasteiger partial charge is 0.226 e. The molecule has 0 aliphatic rings. The summed E-state index contributed by atoms with van der Waals surface area (Å²) in [5.41, 5.74) is 5.02. The molecule has 0 fully saturated rings. The van der Waals surface area contributed by atoms with Crippen LogP contribution in [0.2, 0.25) is 0 Å². The number of carbonyl (C=O) groups excluding carboxylic acids is 1. The Kier molecular flexibility index (Phi) is 5.11. The van der Waals surface area contributed by atoms with Crippen molar-refractivity contribution in [1.29, 1.82) is 0 Å². The molecule has 0 aliphatic heterocycles. The fourth-order valence-corrected chi connectivity index (χ4v) is 0.969. The first-order chi connectivity index (χ1) is 6.88. The van der Waals surface area contributed by atoms with E-state index in [0.717, 1.165) is 6.42 Å². The van der Waals surface area contributed by atoms with E-state index in [9.17, 15) is 4.79 Å². The van der Waals surface area contributed by atoms with Crippen LogP contribution in [0.5, 0.6) is 0 Å². The summed E-state index contributed by atoms with van der Waals surface area (Å²) in [5.74, 6) is -0.0406. The number of rotatable bonds is 5. The van der Waals surface area contributed by atoms with E-state index in [-0.39, 0.29) is 11.7 Å². The van der Waals surface area contributed by atoms with Crippen LogP contribution >= 0.6 is 0 Å². The molecule has 5 heteroatoms. The molecule has 1 amide bonds. The van der Waals surface area contributed by atoms with Gasteiger partial charge < -0.3 is 16.3 Å². The number of nitrogens with one attached hydrogen (secondary N) is 1. The van der Waals surface area contributed by atoms with Crippen molar-refractivity contribution in [3.63, 3.8) is 0 Å². The minimum Gasteiger partial charge on any atom is -0.409 e. The number of amides is 1. The SMILES string of the molecule is CCC(NC(=O)C(C)(C)CC)C(N)=NO. The lowest BCUT2D eigenvalue weighted by atomic mass is 9.89. The van der Waals surface area contributed by atoms with E-state index >= 15 is 0 Å². The van der Waals surface area contributed by atoms with Crippen molar-refractivity contribution in [2.75, 3.05) is 0 Å². The summed E-state index contributed by atoms with van der Waals surface area (Å²) in [4.78, 5) is 11.8. The third-order valence-electron chi connectivity index (χ3n) is 2.68. The third-order valence-corrected chi connectivity index (χ3v) is 2.68. The third kappa shape index (κ3) is 3.77. The minimum absolute atomic E-state index is 0.0396. The topological polar surface area (TPSA) is 87.7 Å². The highest BCUT2D eigenvalue weighted by Crippen LogP contribution is 2.19. The molecule has 5 nitrogen and oxygen atoms in total. The van der Waals surface area contributed by atoms with Gasteiger partial charge in [-0.1, -0.05) is 32.9 Å². The van der Waals surface area contributed by atoms with Gasteiger partial charge in [0.05, 0.1) is 6.04 Å². The number of hydrogen-bond acceptors (Lipinski definition) is 3. The average Bonchev–Trinajstić information content (AvgIpc) is 2.24.